The van der Waals surface area contributed by atoms with Gasteiger partial charge in [-0.15, -0.1) is 0 Å². The molecular weight excluding hydrogens is 350 g/mol. The summed E-state index contributed by atoms with van der Waals surface area (Å²) in [6.07, 6.45) is 3.19. The van der Waals surface area contributed by atoms with Crippen LogP contribution in [0, 0.1) is 12.3 Å². The van der Waals surface area contributed by atoms with Gasteiger partial charge >= 0.3 is 0 Å². The van der Waals surface area contributed by atoms with E-state index in [0.717, 1.165) is 36.3 Å². The van der Waals surface area contributed by atoms with Crippen molar-refractivity contribution < 1.29 is 13.2 Å². The number of hydrogen-bond donors (Lipinski definition) is 2. The van der Waals surface area contributed by atoms with Crippen molar-refractivity contribution in [2.24, 2.45) is 10.4 Å². The third-order valence-electron chi connectivity index (χ3n) is 4.43. The number of guanidine groups is 1. The van der Waals surface area contributed by atoms with Crippen molar-refractivity contribution in [1.29, 1.82) is 0 Å². The predicted molar refractivity (Wildman–Crippen MR) is 107 cm³/mol. The van der Waals surface area contributed by atoms with Crippen LogP contribution in [0.25, 0.3) is 0 Å². The number of nitrogens with zero attached hydrogens (tertiary/aromatic N) is 1. The SMILES string of the molecule is CCNC(=NCc1ccc(C)cc1OCC)NCC1(CS(C)(=O)=O)CC1. The fraction of sp³-hybridized carbons (Fsp3) is 0.632. The average Bonchev–Trinajstić information content (AvgIpc) is 3.29. The topological polar surface area (TPSA) is 79.8 Å². The van der Waals surface area contributed by atoms with Crippen molar-refractivity contribution >= 4 is 15.8 Å². The Morgan fingerprint density at radius 1 is 1.27 bits per heavy atom. The lowest BCUT2D eigenvalue weighted by Gasteiger charge is -2.18. The molecule has 1 aromatic rings. The van der Waals surface area contributed by atoms with E-state index in [1.165, 1.54) is 6.26 Å². The molecular formula is C19H31N3O3S. The molecule has 1 aromatic carbocycles. The zero-order chi connectivity index (χ0) is 19.2. The number of nitrogens with one attached hydrogen (secondary N) is 2. The lowest BCUT2D eigenvalue weighted by molar-refractivity contribution is 0.336. The molecule has 7 heteroatoms. The summed E-state index contributed by atoms with van der Waals surface area (Å²) in [5.74, 6) is 1.80. The first-order valence-corrected chi connectivity index (χ1v) is 11.3. The molecule has 0 radical (unpaired) electrons. The molecule has 0 spiro atoms. The van der Waals surface area contributed by atoms with E-state index in [0.29, 0.717) is 25.7 Å². The molecule has 0 saturated heterocycles. The van der Waals surface area contributed by atoms with Crippen molar-refractivity contribution in [1.82, 2.24) is 10.6 Å². The Morgan fingerprint density at radius 3 is 2.58 bits per heavy atom. The second-order valence-electron chi connectivity index (χ2n) is 7.16. The molecule has 0 heterocycles. The number of ether oxygens (including phenoxy) is 1. The van der Waals surface area contributed by atoms with Crippen LogP contribution in [0.15, 0.2) is 23.2 Å². The predicted octanol–water partition coefficient (Wildman–Crippen LogP) is 2.27. The van der Waals surface area contributed by atoms with Crippen LogP contribution in [-0.2, 0) is 16.4 Å². The number of aliphatic imine (C=N–C) groups is 1. The zero-order valence-corrected chi connectivity index (χ0v) is 17.1. The van der Waals surface area contributed by atoms with Gasteiger partial charge < -0.3 is 15.4 Å². The second-order valence-corrected chi connectivity index (χ2v) is 9.30. The van der Waals surface area contributed by atoms with Gasteiger partial charge in [-0.25, -0.2) is 13.4 Å². The van der Waals surface area contributed by atoms with Gasteiger partial charge in [-0.05, 0) is 45.2 Å². The van der Waals surface area contributed by atoms with Gasteiger partial charge in [-0.1, -0.05) is 12.1 Å². The highest BCUT2D eigenvalue weighted by Crippen LogP contribution is 2.46. The molecule has 0 unspecified atom stereocenters. The summed E-state index contributed by atoms with van der Waals surface area (Å²) >= 11 is 0. The summed E-state index contributed by atoms with van der Waals surface area (Å²) in [5.41, 5.74) is 2.05. The Hall–Kier alpha value is -1.76. The number of aryl methyl sites for hydroxylation is 1. The van der Waals surface area contributed by atoms with Crippen molar-refractivity contribution in [3.8, 4) is 5.75 Å². The Labute approximate surface area is 157 Å². The number of hydrogen-bond acceptors (Lipinski definition) is 4. The molecule has 0 atom stereocenters. The van der Waals surface area contributed by atoms with Crippen LogP contribution in [-0.4, -0.2) is 46.1 Å². The third kappa shape index (κ3) is 6.52. The van der Waals surface area contributed by atoms with Gasteiger partial charge in [0, 0.05) is 30.3 Å². The largest absolute Gasteiger partial charge is 0.494 e. The Morgan fingerprint density at radius 2 is 2.00 bits per heavy atom. The first-order chi connectivity index (χ1) is 12.3. The van der Waals surface area contributed by atoms with Crippen LogP contribution >= 0.6 is 0 Å². The molecule has 2 rings (SSSR count). The standard InChI is InChI=1S/C19H31N3O3S/c1-5-20-18(22-13-19(9-10-19)14-26(4,23)24)21-12-16-8-7-15(3)11-17(16)25-6-2/h7-8,11H,5-6,9-10,12-14H2,1-4H3,(H2,20,21,22). The maximum atomic E-state index is 11.6. The van der Waals surface area contributed by atoms with Gasteiger partial charge in [0.05, 0.1) is 18.9 Å². The van der Waals surface area contributed by atoms with E-state index in [-0.39, 0.29) is 11.2 Å². The molecule has 0 aliphatic heterocycles. The molecule has 0 aromatic heterocycles. The Balaban J connectivity index is 2.03. The lowest BCUT2D eigenvalue weighted by Crippen LogP contribution is -2.41. The average molecular weight is 382 g/mol. The quantitative estimate of drug-likeness (QED) is 0.507. The Kier molecular flexibility index (Phi) is 6.92. The minimum Gasteiger partial charge on any atom is -0.494 e. The van der Waals surface area contributed by atoms with E-state index in [1.807, 2.05) is 32.9 Å². The number of sulfone groups is 1. The van der Waals surface area contributed by atoms with Gasteiger partial charge in [-0.3, -0.25) is 0 Å². The maximum absolute atomic E-state index is 11.6. The fourth-order valence-corrected chi connectivity index (χ4v) is 4.47. The smallest absolute Gasteiger partial charge is 0.191 e. The third-order valence-corrected chi connectivity index (χ3v) is 5.57. The fourth-order valence-electron chi connectivity index (χ4n) is 2.96. The van der Waals surface area contributed by atoms with Gasteiger partial charge in [0.2, 0.25) is 0 Å². The van der Waals surface area contributed by atoms with E-state index < -0.39 is 9.84 Å². The Bertz CT molecular complexity index is 740. The van der Waals surface area contributed by atoms with Crippen LogP contribution < -0.4 is 15.4 Å². The molecule has 0 bridgehead atoms. The van der Waals surface area contributed by atoms with E-state index in [4.69, 9.17) is 4.74 Å². The van der Waals surface area contributed by atoms with Crippen molar-refractivity contribution in [2.45, 2.75) is 40.2 Å². The summed E-state index contributed by atoms with van der Waals surface area (Å²) in [4.78, 5) is 4.65. The second kappa shape index (κ2) is 8.75. The molecule has 1 fully saturated rings. The molecule has 6 nitrogen and oxygen atoms in total. The van der Waals surface area contributed by atoms with Crippen LogP contribution in [0.4, 0.5) is 0 Å². The highest BCUT2D eigenvalue weighted by atomic mass is 32.2. The van der Waals surface area contributed by atoms with Crippen LogP contribution in [0.1, 0.15) is 37.8 Å². The van der Waals surface area contributed by atoms with Crippen LogP contribution in [0.3, 0.4) is 0 Å². The van der Waals surface area contributed by atoms with Crippen molar-refractivity contribution in [2.75, 3.05) is 31.7 Å². The van der Waals surface area contributed by atoms with Crippen molar-refractivity contribution in [3.05, 3.63) is 29.3 Å². The summed E-state index contributed by atoms with van der Waals surface area (Å²) in [5, 5.41) is 6.54. The molecule has 1 saturated carbocycles. The normalized spacial score (nSPS) is 16.2. The lowest BCUT2D eigenvalue weighted by atomic mass is 10.1. The van der Waals surface area contributed by atoms with Gasteiger partial charge in [0.15, 0.2) is 5.96 Å². The first-order valence-electron chi connectivity index (χ1n) is 9.19. The monoisotopic (exact) mass is 381 g/mol. The number of benzene rings is 1. The van der Waals surface area contributed by atoms with Crippen LogP contribution in [0.2, 0.25) is 0 Å². The molecule has 146 valence electrons. The summed E-state index contributed by atoms with van der Waals surface area (Å²) in [6, 6.07) is 6.12. The zero-order valence-electron chi connectivity index (χ0n) is 16.3. The summed E-state index contributed by atoms with van der Waals surface area (Å²) in [6.45, 7) is 8.51. The van der Waals surface area contributed by atoms with Gasteiger partial charge in [0.1, 0.15) is 15.6 Å². The highest BCUT2D eigenvalue weighted by molar-refractivity contribution is 7.90. The molecule has 1 aliphatic carbocycles. The minimum atomic E-state index is -2.97. The molecule has 2 N–H and O–H groups in total. The minimum absolute atomic E-state index is 0.135. The number of rotatable bonds is 9. The van der Waals surface area contributed by atoms with E-state index in [1.54, 1.807) is 0 Å². The van der Waals surface area contributed by atoms with Crippen LogP contribution in [0.5, 0.6) is 5.75 Å². The van der Waals surface area contributed by atoms with Gasteiger partial charge in [0.25, 0.3) is 0 Å². The molecule has 1 aliphatic rings. The first kappa shape index (κ1) is 20.6. The van der Waals surface area contributed by atoms with E-state index in [9.17, 15) is 8.42 Å². The van der Waals surface area contributed by atoms with Crippen molar-refractivity contribution in [3.63, 3.8) is 0 Å². The molecule has 0 amide bonds. The highest BCUT2D eigenvalue weighted by Gasteiger charge is 2.45. The summed E-state index contributed by atoms with van der Waals surface area (Å²) < 4.78 is 28.9. The molecule has 26 heavy (non-hydrogen) atoms. The maximum Gasteiger partial charge on any atom is 0.191 e. The van der Waals surface area contributed by atoms with Gasteiger partial charge in [-0.2, -0.15) is 0 Å². The van der Waals surface area contributed by atoms with E-state index in [2.05, 4.69) is 21.7 Å². The van der Waals surface area contributed by atoms with E-state index >= 15 is 0 Å². The summed E-state index contributed by atoms with van der Waals surface area (Å²) in [7, 11) is -2.97.